The number of rotatable bonds is 5. The molecule has 2 rings (SSSR count). The zero-order valence-corrected chi connectivity index (χ0v) is 12.4. The lowest BCUT2D eigenvalue weighted by Gasteiger charge is -2.05. The number of hydrogen-bond donors (Lipinski definition) is 1. The van der Waals surface area contributed by atoms with E-state index < -0.39 is 0 Å². The van der Waals surface area contributed by atoms with Gasteiger partial charge in [0.1, 0.15) is 0 Å². The van der Waals surface area contributed by atoms with Crippen molar-refractivity contribution in [2.24, 2.45) is 0 Å². The summed E-state index contributed by atoms with van der Waals surface area (Å²) in [7, 11) is 0. The standard InChI is InChI=1S/C14H21N3S/c1-5-17-13(7-11(3)16-17)8-15-9-14-6-10(2)12(4)18-14/h6-7,15H,5,8-9H2,1-4H3. The molecule has 2 aromatic heterocycles. The molecule has 0 amide bonds. The SMILES string of the molecule is CCn1nc(C)cc1CNCc1cc(C)c(C)s1. The van der Waals surface area contributed by atoms with Gasteiger partial charge >= 0.3 is 0 Å². The zero-order valence-electron chi connectivity index (χ0n) is 11.6. The summed E-state index contributed by atoms with van der Waals surface area (Å²) in [6.07, 6.45) is 0. The van der Waals surface area contributed by atoms with E-state index in [1.54, 1.807) is 0 Å². The van der Waals surface area contributed by atoms with Crippen LogP contribution in [0.15, 0.2) is 12.1 Å². The fourth-order valence-electron chi connectivity index (χ4n) is 2.07. The van der Waals surface area contributed by atoms with Crippen molar-refractivity contribution in [1.29, 1.82) is 0 Å². The first-order chi connectivity index (χ1) is 8.60. The lowest BCUT2D eigenvalue weighted by molar-refractivity contribution is 0.580. The molecule has 3 nitrogen and oxygen atoms in total. The smallest absolute Gasteiger partial charge is 0.0597 e. The maximum Gasteiger partial charge on any atom is 0.0597 e. The van der Waals surface area contributed by atoms with Crippen LogP contribution in [0.5, 0.6) is 0 Å². The minimum absolute atomic E-state index is 0.880. The summed E-state index contributed by atoms with van der Waals surface area (Å²) in [5.41, 5.74) is 3.75. The Balaban J connectivity index is 1.91. The molecule has 0 fully saturated rings. The molecule has 4 heteroatoms. The predicted octanol–water partition coefficient (Wildman–Crippen LogP) is 3.18. The predicted molar refractivity (Wildman–Crippen MR) is 77.0 cm³/mol. The summed E-state index contributed by atoms with van der Waals surface area (Å²) in [5, 5.41) is 7.95. The van der Waals surface area contributed by atoms with Crippen LogP contribution in [0, 0.1) is 20.8 Å². The number of aromatic nitrogens is 2. The number of hydrogen-bond acceptors (Lipinski definition) is 3. The summed E-state index contributed by atoms with van der Waals surface area (Å²) in [6, 6.07) is 4.43. The summed E-state index contributed by atoms with van der Waals surface area (Å²) in [5.74, 6) is 0. The van der Waals surface area contributed by atoms with Crippen molar-refractivity contribution in [2.45, 2.75) is 47.3 Å². The molecule has 0 radical (unpaired) electrons. The van der Waals surface area contributed by atoms with Crippen molar-refractivity contribution in [1.82, 2.24) is 15.1 Å². The molecule has 18 heavy (non-hydrogen) atoms. The van der Waals surface area contributed by atoms with Gasteiger partial charge in [-0.25, -0.2) is 0 Å². The van der Waals surface area contributed by atoms with Crippen molar-refractivity contribution >= 4 is 11.3 Å². The van der Waals surface area contributed by atoms with Gasteiger partial charge in [-0.05, 0) is 45.4 Å². The molecule has 0 saturated heterocycles. The molecule has 2 aromatic rings. The Morgan fingerprint density at radius 3 is 2.61 bits per heavy atom. The van der Waals surface area contributed by atoms with E-state index in [-0.39, 0.29) is 0 Å². The molecule has 0 atom stereocenters. The number of nitrogens with one attached hydrogen (secondary N) is 1. The van der Waals surface area contributed by atoms with E-state index >= 15 is 0 Å². The van der Waals surface area contributed by atoms with E-state index in [1.165, 1.54) is 21.0 Å². The van der Waals surface area contributed by atoms with Crippen LogP contribution in [0.4, 0.5) is 0 Å². The summed E-state index contributed by atoms with van der Waals surface area (Å²) >= 11 is 1.88. The third-order valence-electron chi connectivity index (χ3n) is 3.11. The molecule has 0 saturated carbocycles. The molecule has 0 bridgehead atoms. The van der Waals surface area contributed by atoms with Gasteiger partial charge in [-0.1, -0.05) is 0 Å². The topological polar surface area (TPSA) is 29.9 Å². The van der Waals surface area contributed by atoms with E-state index in [2.05, 4.69) is 48.0 Å². The Hall–Kier alpha value is -1.13. The maximum absolute atomic E-state index is 4.45. The number of aryl methyl sites for hydroxylation is 4. The van der Waals surface area contributed by atoms with E-state index in [9.17, 15) is 0 Å². The van der Waals surface area contributed by atoms with Gasteiger partial charge in [0, 0.05) is 29.4 Å². The van der Waals surface area contributed by atoms with Gasteiger partial charge in [-0.15, -0.1) is 11.3 Å². The van der Waals surface area contributed by atoms with E-state index in [4.69, 9.17) is 0 Å². The van der Waals surface area contributed by atoms with E-state index in [0.717, 1.165) is 25.3 Å². The Labute approximate surface area is 113 Å². The molecular formula is C14H21N3S. The molecule has 0 aliphatic heterocycles. The van der Waals surface area contributed by atoms with Crippen molar-refractivity contribution in [3.63, 3.8) is 0 Å². The molecule has 98 valence electrons. The van der Waals surface area contributed by atoms with E-state index in [0.29, 0.717) is 0 Å². The van der Waals surface area contributed by atoms with Crippen LogP contribution >= 0.6 is 11.3 Å². The fraction of sp³-hybridized carbons (Fsp3) is 0.500. The molecule has 2 heterocycles. The Bertz CT molecular complexity index is 506. The second-order valence-corrected chi connectivity index (χ2v) is 5.99. The molecule has 0 spiro atoms. The monoisotopic (exact) mass is 263 g/mol. The Morgan fingerprint density at radius 2 is 2.00 bits per heavy atom. The summed E-state index contributed by atoms with van der Waals surface area (Å²) in [4.78, 5) is 2.82. The maximum atomic E-state index is 4.45. The highest BCUT2D eigenvalue weighted by Crippen LogP contribution is 2.20. The average Bonchev–Trinajstić information content (AvgIpc) is 2.83. The van der Waals surface area contributed by atoms with Gasteiger partial charge in [0.2, 0.25) is 0 Å². The first-order valence-electron chi connectivity index (χ1n) is 6.40. The highest BCUT2D eigenvalue weighted by atomic mass is 32.1. The summed E-state index contributed by atoms with van der Waals surface area (Å²) in [6.45, 7) is 11.3. The van der Waals surface area contributed by atoms with E-state index in [1.807, 2.05) is 18.3 Å². The highest BCUT2D eigenvalue weighted by Gasteiger charge is 2.05. The molecule has 1 N–H and O–H groups in total. The summed E-state index contributed by atoms with van der Waals surface area (Å²) < 4.78 is 2.06. The Kier molecular flexibility index (Phi) is 4.19. The fourth-order valence-corrected chi connectivity index (χ4v) is 3.09. The minimum Gasteiger partial charge on any atom is -0.306 e. The molecule has 0 unspecified atom stereocenters. The van der Waals surface area contributed by atoms with Gasteiger partial charge in [0.25, 0.3) is 0 Å². The van der Waals surface area contributed by atoms with Gasteiger partial charge in [0.05, 0.1) is 11.4 Å². The first-order valence-corrected chi connectivity index (χ1v) is 7.21. The second-order valence-electron chi connectivity index (χ2n) is 4.65. The molecular weight excluding hydrogens is 242 g/mol. The molecule has 0 aliphatic rings. The second kappa shape index (κ2) is 5.67. The quantitative estimate of drug-likeness (QED) is 0.898. The van der Waals surface area contributed by atoms with Gasteiger partial charge in [-0.2, -0.15) is 5.10 Å². The zero-order chi connectivity index (χ0) is 13.1. The van der Waals surface area contributed by atoms with Crippen molar-refractivity contribution in [3.05, 3.63) is 38.8 Å². The molecule has 0 aliphatic carbocycles. The van der Waals surface area contributed by atoms with Crippen LogP contribution in [0.3, 0.4) is 0 Å². The van der Waals surface area contributed by atoms with Crippen LogP contribution in [0.25, 0.3) is 0 Å². The molecule has 0 aromatic carbocycles. The van der Waals surface area contributed by atoms with Gasteiger partial charge < -0.3 is 5.32 Å². The lowest BCUT2D eigenvalue weighted by Crippen LogP contribution is -2.15. The van der Waals surface area contributed by atoms with Crippen LogP contribution in [-0.2, 0) is 19.6 Å². The van der Waals surface area contributed by atoms with Crippen LogP contribution in [-0.4, -0.2) is 9.78 Å². The Morgan fingerprint density at radius 1 is 1.22 bits per heavy atom. The van der Waals surface area contributed by atoms with Gasteiger partial charge in [0.15, 0.2) is 0 Å². The average molecular weight is 263 g/mol. The number of nitrogens with zero attached hydrogens (tertiary/aromatic N) is 2. The lowest BCUT2D eigenvalue weighted by atomic mass is 10.3. The minimum atomic E-state index is 0.880. The third-order valence-corrected chi connectivity index (χ3v) is 4.26. The number of thiophene rings is 1. The van der Waals surface area contributed by atoms with Crippen LogP contribution < -0.4 is 5.32 Å². The van der Waals surface area contributed by atoms with Crippen LogP contribution in [0.1, 0.15) is 33.6 Å². The van der Waals surface area contributed by atoms with Crippen molar-refractivity contribution in [3.8, 4) is 0 Å². The van der Waals surface area contributed by atoms with Crippen molar-refractivity contribution in [2.75, 3.05) is 0 Å². The third kappa shape index (κ3) is 3.00. The van der Waals surface area contributed by atoms with Gasteiger partial charge in [-0.3, -0.25) is 4.68 Å². The van der Waals surface area contributed by atoms with Crippen molar-refractivity contribution < 1.29 is 0 Å². The first kappa shape index (κ1) is 13.3. The van der Waals surface area contributed by atoms with Crippen LogP contribution in [0.2, 0.25) is 0 Å². The normalized spacial score (nSPS) is 11.1. The highest BCUT2D eigenvalue weighted by molar-refractivity contribution is 7.12. The largest absolute Gasteiger partial charge is 0.306 e.